The lowest BCUT2D eigenvalue weighted by molar-refractivity contribution is 0.414. The topological polar surface area (TPSA) is 64.1 Å². The smallest absolute Gasteiger partial charge is 0.328 e. The van der Waals surface area contributed by atoms with Gasteiger partial charge in [-0.15, -0.1) is 5.92 Å². The Morgan fingerprint density at radius 1 is 1.25 bits per heavy atom. The van der Waals surface area contributed by atoms with Crippen molar-refractivity contribution in [3.8, 4) is 17.6 Å². The van der Waals surface area contributed by atoms with E-state index in [0.29, 0.717) is 6.54 Å². The van der Waals surface area contributed by atoms with Gasteiger partial charge in [0, 0.05) is 6.20 Å². The number of rotatable bonds is 3. The van der Waals surface area contributed by atoms with E-state index >= 15 is 0 Å². The van der Waals surface area contributed by atoms with Crippen molar-refractivity contribution in [1.29, 1.82) is 0 Å². The number of benzene rings is 1. The average Bonchev–Trinajstić information content (AvgIpc) is 2.45. The summed E-state index contributed by atoms with van der Waals surface area (Å²) in [5.41, 5.74) is 0.291. The summed E-state index contributed by atoms with van der Waals surface area (Å²) in [4.78, 5) is 25.5. The van der Waals surface area contributed by atoms with Gasteiger partial charge in [-0.05, 0) is 24.6 Å². The summed E-state index contributed by atoms with van der Waals surface area (Å²) in [5.74, 6) is 6.07. The summed E-state index contributed by atoms with van der Waals surface area (Å²) in [6, 6.07) is 7.36. The van der Waals surface area contributed by atoms with Crippen LogP contribution in [0.3, 0.4) is 0 Å². The fourth-order valence-corrected chi connectivity index (χ4v) is 1.78. The number of ether oxygens (including phenoxy) is 1. The zero-order chi connectivity index (χ0) is 14.5. The van der Waals surface area contributed by atoms with Crippen LogP contribution in [0, 0.1) is 11.8 Å². The van der Waals surface area contributed by atoms with E-state index in [1.807, 2.05) is 24.3 Å². The Labute approximate surface area is 115 Å². The molecule has 0 aliphatic carbocycles. The first kappa shape index (κ1) is 13.7. The van der Waals surface area contributed by atoms with Crippen LogP contribution in [0.4, 0.5) is 0 Å². The number of aromatic amines is 1. The van der Waals surface area contributed by atoms with Gasteiger partial charge >= 0.3 is 5.69 Å². The number of hydrogen-bond donors (Lipinski definition) is 1. The molecule has 102 valence electrons. The van der Waals surface area contributed by atoms with E-state index in [2.05, 4.69) is 16.8 Å². The molecule has 5 nitrogen and oxygen atoms in total. The van der Waals surface area contributed by atoms with Crippen molar-refractivity contribution >= 4 is 0 Å². The van der Waals surface area contributed by atoms with Gasteiger partial charge in [0.2, 0.25) is 0 Å². The Morgan fingerprint density at radius 3 is 2.55 bits per heavy atom. The fraction of sp³-hybridized carbons (Fsp3) is 0.200. The molecule has 0 unspecified atom stereocenters. The van der Waals surface area contributed by atoms with Gasteiger partial charge in [-0.2, -0.15) is 0 Å². The Balaban J connectivity index is 2.36. The maximum Gasteiger partial charge on any atom is 0.328 e. The number of hydrogen-bond acceptors (Lipinski definition) is 3. The first-order valence-corrected chi connectivity index (χ1v) is 6.03. The fourth-order valence-electron chi connectivity index (χ4n) is 1.78. The maximum absolute atomic E-state index is 11.8. The van der Waals surface area contributed by atoms with Crippen LogP contribution in [0.15, 0.2) is 40.1 Å². The molecule has 0 saturated carbocycles. The lowest BCUT2D eigenvalue weighted by atomic mass is 10.2. The second kappa shape index (κ2) is 5.93. The molecular formula is C15H14N2O3. The minimum absolute atomic E-state index is 0.278. The van der Waals surface area contributed by atoms with Gasteiger partial charge in [-0.1, -0.05) is 18.1 Å². The molecule has 1 aromatic heterocycles. The van der Waals surface area contributed by atoms with E-state index in [-0.39, 0.29) is 5.56 Å². The summed E-state index contributed by atoms with van der Waals surface area (Å²) in [6.07, 6.45) is 1.47. The van der Waals surface area contributed by atoms with Gasteiger partial charge in [0.15, 0.2) is 0 Å². The highest BCUT2D eigenvalue weighted by Gasteiger charge is 2.03. The Hall–Kier alpha value is -2.74. The largest absolute Gasteiger partial charge is 0.497 e. The summed E-state index contributed by atoms with van der Waals surface area (Å²) in [7, 11) is 1.59. The molecule has 1 N–H and O–H groups in total. The Kier molecular flexibility index (Phi) is 4.06. The molecule has 0 radical (unpaired) electrons. The van der Waals surface area contributed by atoms with Crippen molar-refractivity contribution in [2.45, 2.75) is 13.5 Å². The molecule has 1 heterocycles. The highest BCUT2D eigenvalue weighted by molar-refractivity contribution is 5.30. The molecule has 0 saturated heterocycles. The van der Waals surface area contributed by atoms with E-state index in [4.69, 9.17) is 4.74 Å². The summed E-state index contributed by atoms with van der Waals surface area (Å²) < 4.78 is 6.50. The average molecular weight is 270 g/mol. The number of nitrogens with one attached hydrogen (secondary N) is 1. The van der Waals surface area contributed by atoms with Crippen molar-refractivity contribution in [3.05, 3.63) is 62.4 Å². The van der Waals surface area contributed by atoms with Crippen LogP contribution >= 0.6 is 0 Å². The predicted molar refractivity (Wildman–Crippen MR) is 76.0 cm³/mol. The van der Waals surface area contributed by atoms with Crippen LogP contribution in [0.5, 0.6) is 5.75 Å². The van der Waals surface area contributed by atoms with Gasteiger partial charge in [0.1, 0.15) is 11.3 Å². The first-order chi connectivity index (χ1) is 9.63. The number of methoxy groups -OCH3 is 1. The van der Waals surface area contributed by atoms with Crippen LogP contribution in [-0.2, 0) is 6.54 Å². The molecule has 2 aromatic rings. The third kappa shape index (κ3) is 2.98. The summed E-state index contributed by atoms with van der Waals surface area (Å²) in [6.45, 7) is 2.00. The summed E-state index contributed by atoms with van der Waals surface area (Å²) >= 11 is 0. The van der Waals surface area contributed by atoms with E-state index in [1.165, 1.54) is 10.8 Å². The van der Waals surface area contributed by atoms with Crippen LogP contribution in [-0.4, -0.2) is 16.7 Å². The van der Waals surface area contributed by atoms with E-state index in [0.717, 1.165) is 11.3 Å². The number of aromatic nitrogens is 2. The lowest BCUT2D eigenvalue weighted by Crippen LogP contribution is -2.31. The van der Waals surface area contributed by atoms with E-state index in [9.17, 15) is 9.59 Å². The first-order valence-electron chi connectivity index (χ1n) is 6.03. The minimum Gasteiger partial charge on any atom is -0.497 e. The SMILES string of the molecule is CC#Cc1cn(Cc2ccc(OC)cc2)c(=O)[nH]c1=O. The molecule has 5 heteroatoms. The summed E-state index contributed by atoms with van der Waals surface area (Å²) in [5, 5.41) is 0. The second-order valence-corrected chi connectivity index (χ2v) is 4.15. The molecule has 0 aliphatic rings. The Bertz CT molecular complexity index is 774. The molecule has 1 aromatic carbocycles. The molecule has 0 amide bonds. The normalized spacial score (nSPS) is 9.70. The van der Waals surface area contributed by atoms with Crippen molar-refractivity contribution in [2.24, 2.45) is 0 Å². The molecular weight excluding hydrogens is 256 g/mol. The highest BCUT2D eigenvalue weighted by Crippen LogP contribution is 2.11. The molecule has 0 aliphatic heterocycles. The zero-order valence-electron chi connectivity index (χ0n) is 11.3. The van der Waals surface area contributed by atoms with E-state index in [1.54, 1.807) is 14.0 Å². The van der Waals surface area contributed by atoms with Gasteiger partial charge < -0.3 is 4.74 Å². The van der Waals surface area contributed by atoms with E-state index < -0.39 is 11.2 Å². The molecule has 0 atom stereocenters. The van der Waals surface area contributed by atoms with Crippen LogP contribution in [0.1, 0.15) is 18.1 Å². The predicted octanol–water partition coefficient (Wildman–Crippen LogP) is 0.965. The lowest BCUT2D eigenvalue weighted by Gasteiger charge is -2.06. The minimum atomic E-state index is -0.463. The van der Waals surface area contributed by atoms with Crippen molar-refractivity contribution in [2.75, 3.05) is 7.11 Å². The van der Waals surface area contributed by atoms with Gasteiger partial charge in [0.05, 0.1) is 13.7 Å². The Morgan fingerprint density at radius 2 is 1.95 bits per heavy atom. The highest BCUT2D eigenvalue weighted by atomic mass is 16.5. The second-order valence-electron chi connectivity index (χ2n) is 4.15. The van der Waals surface area contributed by atoms with Crippen LogP contribution in [0.25, 0.3) is 0 Å². The monoisotopic (exact) mass is 270 g/mol. The standard InChI is InChI=1S/C15H14N2O3/c1-3-4-12-10-17(15(19)16-14(12)18)9-11-5-7-13(20-2)8-6-11/h5-8,10H,9H2,1-2H3,(H,16,18,19). The number of nitrogens with zero attached hydrogens (tertiary/aromatic N) is 1. The van der Waals surface area contributed by atoms with Crippen molar-refractivity contribution in [1.82, 2.24) is 9.55 Å². The van der Waals surface area contributed by atoms with Gasteiger partial charge in [-0.25, -0.2) is 4.79 Å². The third-order valence-corrected chi connectivity index (χ3v) is 2.78. The van der Waals surface area contributed by atoms with Crippen molar-refractivity contribution < 1.29 is 4.74 Å². The maximum atomic E-state index is 11.8. The molecule has 0 bridgehead atoms. The van der Waals surface area contributed by atoms with Crippen molar-refractivity contribution in [3.63, 3.8) is 0 Å². The molecule has 20 heavy (non-hydrogen) atoms. The number of H-pyrrole nitrogens is 1. The molecule has 2 rings (SSSR count). The third-order valence-electron chi connectivity index (χ3n) is 2.78. The van der Waals surface area contributed by atoms with Gasteiger partial charge in [-0.3, -0.25) is 14.3 Å². The zero-order valence-corrected chi connectivity index (χ0v) is 11.3. The quantitative estimate of drug-likeness (QED) is 0.845. The molecule has 0 fully saturated rings. The van der Waals surface area contributed by atoms with Gasteiger partial charge in [0.25, 0.3) is 5.56 Å². The molecule has 0 spiro atoms. The van der Waals surface area contributed by atoms with Crippen LogP contribution in [0.2, 0.25) is 0 Å². The van der Waals surface area contributed by atoms with Crippen LogP contribution < -0.4 is 16.0 Å².